The second kappa shape index (κ2) is 9.25. The Kier molecular flexibility index (Phi) is 6.74. The molecule has 0 aliphatic carbocycles. The summed E-state index contributed by atoms with van der Waals surface area (Å²) < 4.78 is 15.4. The van der Waals surface area contributed by atoms with Crippen molar-refractivity contribution in [2.24, 2.45) is 4.99 Å². The minimum Gasteiger partial charge on any atom is -0.205 e. The lowest BCUT2D eigenvalue weighted by atomic mass is 9.97. The van der Waals surface area contributed by atoms with Crippen LogP contribution in [0, 0.1) is 28.2 Å². The van der Waals surface area contributed by atoms with E-state index in [2.05, 4.69) is 100 Å². The van der Waals surface area contributed by atoms with Crippen molar-refractivity contribution in [1.29, 1.82) is 0 Å². The fourth-order valence-electron chi connectivity index (χ4n) is 2.97. The molecule has 0 N–H and O–H groups in total. The fraction of sp³-hybridized carbons (Fsp3) is 0.125. The van der Waals surface area contributed by atoms with Gasteiger partial charge in [-0.25, -0.2) is 4.39 Å². The van der Waals surface area contributed by atoms with Crippen LogP contribution in [0.3, 0.4) is 0 Å². The summed E-state index contributed by atoms with van der Waals surface area (Å²) in [6, 6.07) is 17.9. The van der Waals surface area contributed by atoms with E-state index in [-0.39, 0.29) is 5.69 Å². The van der Waals surface area contributed by atoms with E-state index in [1.165, 1.54) is 26.3 Å². The molecule has 3 aromatic carbocycles. The molecule has 28 heavy (non-hydrogen) atoms. The summed E-state index contributed by atoms with van der Waals surface area (Å²) in [5.74, 6) is 5.83. The minimum absolute atomic E-state index is 0.219. The predicted molar refractivity (Wildman–Crippen MR) is 126 cm³/mol. The SMILES string of the molecule is CCc1cc(-c2ccc(I)cc2)ccc1C#Cc1cc(C)c(N=C=S)c(F)c1. The van der Waals surface area contributed by atoms with Gasteiger partial charge in [0.2, 0.25) is 0 Å². The molecule has 0 radical (unpaired) electrons. The molecule has 0 saturated carbocycles. The van der Waals surface area contributed by atoms with E-state index < -0.39 is 5.82 Å². The van der Waals surface area contributed by atoms with Crippen LogP contribution in [0.15, 0.2) is 59.6 Å². The maximum absolute atomic E-state index is 14.2. The van der Waals surface area contributed by atoms with Crippen molar-refractivity contribution in [3.63, 3.8) is 0 Å². The van der Waals surface area contributed by atoms with Crippen molar-refractivity contribution in [3.05, 3.63) is 86.2 Å². The second-order valence-electron chi connectivity index (χ2n) is 6.31. The third-order valence-corrected chi connectivity index (χ3v) is 5.23. The first-order valence-corrected chi connectivity index (χ1v) is 10.3. The average Bonchev–Trinajstić information content (AvgIpc) is 2.69. The van der Waals surface area contributed by atoms with E-state index >= 15 is 0 Å². The van der Waals surface area contributed by atoms with Gasteiger partial charge in [0.15, 0.2) is 5.82 Å². The molecule has 0 aromatic heterocycles. The third-order valence-electron chi connectivity index (χ3n) is 4.42. The zero-order chi connectivity index (χ0) is 20.1. The smallest absolute Gasteiger partial charge is 0.151 e. The van der Waals surface area contributed by atoms with E-state index in [1.54, 1.807) is 6.92 Å². The molecule has 0 spiro atoms. The Labute approximate surface area is 183 Å². The number of hydrogen-bond acceptors (Lipinski definition) is 2. The van der Waals surface area contributed by atoms with Crippen molar-refractivity contribution < 1.29 is 4.39 Å². The van der Waals surface area contributed by atoms with Gasteiger partial charge in [0.1, 0.15) is 5.69 Å². The van der Waals surface area contributed by atoms with E-state index in [9.17, 15) is 4.39 Å². The quantitative estimate of drug-likeness (QED) is 0.163. The van der Waals surface area contributed by atoms with Crippen molar-refractivity contribution in [1.82, 2.24) is 0 Å². The predicted octanol–water partition coefficient (Wildman–Crippen LogP) is 7.10. The summed E-state index contributed by atoms with van der Waals surface area (Å²) >= 11 is 6.87. The highest BCUT2D eigenvalue weighted by atomic mass is 127. The molecule has 0 amide bonds. The molecule has 0 saturated heterocycles. The molecule has 0 bridgehead atoms. The number of thiocarbonyl (C=S) groups is 1. The number of rotatable bonds is 3. The molecule has 0 atom stereocenters. The number of nitrogens with zero attached hydrogens (tertiary/aromatic N) is 1. The summed E-state index contributed by atoms with van der Waals surface area (Å²) in [4.78, 5) is 3.78. The zero-order valence-electron chi connectivity index (χ0n) is 15.5. The van der Waals surface area contributed by atoms with Crippen LogP contribution in [-0.4, -0.2) is 5.16 Å². The van der Waals surface area contributed by atoms with Crippen LogP contribution in [0.5, 0.6) is 0 Å². The number of halogens is 2. The number of benzene rings is 3. The molecule has 0 fully saturated rings. The highest BCUT2D eigenvalue weighted by molar-refractivity contribution is 14.1. The zero-order valence-corrected chi connectivity index (χ0v) is 18.5. The van der Waals surface area contributed by atoms with E-state index in [1.807, 2.05) is 12.1 Å². The Balaban J connectivity index is 1.96. The molecule has 138 valence electrons. The van der Waals surface area contributed by atoms with Gasteiger partial charge < -0.3 is 0 Å². The summed E-state index contributed by atoms with van der Waals surface area (Å²) in [6.07, 6.45) is 0.873. The number of aryl methyl sites for hydroxylation is 2. The van der Waals surface area contributed by atoms with E-state index in [4.69, 9.17) is 0 Å². The third kappa shape index (κ3) is 4.74. The molecule has 0 heterocycles. The Morgan fingerprint density at radius 2 is 1.71 bits per heavy atom. The Hall–Kier alpha value is -2.32. The number of hydrogen-bond donors (Lipinski definition) is 0. The van der Waals surface area contributed by atoms with Crippen molar-refractivity contribution >= 4 is 45.7 Å². The second-order valence-corrected chi connectivity index (χ2v) is 7.74. The first kappa shape index (κ1) is 20.4. The van der Waals surface area contributed by atoms with Crippen molar-refractivity contribution in [2.45, 2.75) is 20.3 Å². The molecule has 0 aliphatic heterocycles. The highest BCUT2D eigenvalue weighted by Gasteiger charge is 2.07. The van der Waals surface area contributed by atoms with E-state index in [0.717, 1.165) is 12.0 Å². The van der Waals surface area contributed by atoms with Gasteiger partial charge in [-0.05, 0) is 107 Å². The first-order chi connectivity index (χ1) is 13.5. The van der Waals surface area contributed by atoms with Crippen LogP contribution in [-0.2, 0) is 6.42 Å². The summed E-state index contributed by atoms with van der Waals surface area (Å²) in [7, 11) is 0. The number of aliphatic imine (C=N–C) groups is 1. The molecule has 3 aromatic rings. The van der Waals surface area contributed by atoms with Crippen LogP contribution in [0.4, 0.5) is 10.1 Å². The van der Waals surface area contributed by atoms with Gasteiger partial charge in [0.25, 0.3) is 0 Å². The molecule has 1 nitrogen and oxygen atoms in total. The van der Waals surface area contributed by atoms with Gasteiger partial charge in [-0.3, -0.25) is 0 Å². The van der Waals surface area contributed by atoms with Crippen LogP contribution in [0.25, 0.3) is 11.1 Å². The Morgan fingerprint density at radius 3 is 2.36 bits per heavy atom. The van der Waals surface area contributed by atoms with Crippen LogP contribution >= 0.6 is 34.8 Å². The van der Waals surface area contributed by atoms with Gasteiger partial charge in [-0.2, -0.15) is 4.99 Å². The first-order valence-electron chi connectivity index (χ1n) is 8.80. The lowest BCUT2D eigenvalue weighted by molar-refractivity contribution is 0.628. The monoisotopic (exact) mass is 497 g/mol. The molecule has 0 unspecified atom stereocenters. The summed E-state index contributed by atoms with van der Waals surface area (Å²) in [5.41, 5.74) is 5.99. The van der Waals surface area contributed by atoms with Gasteiger partial charge in [0, 0.05) is 14.7 Å². The standard InChI is InChI=1S/C24H17FINS/c1-3-18-14-21(20-8-10-22(26)11-9-20)7-6-19(18)5-4-17-12-16(2)24(27-15-28)23(25)13-17/h6-14H,3H2,1-2H3. The average molecular weight is 497 g/mol. The molecule has 3 rings (SSSR count). The molecule has 4 heteroatoms. The minimum atomic E-state index is -0.438. The molecular formula is C24H17FINS. The topological polar surface area (TPSA) is 12.4 Å². The van der Waals surface area contributed by atoms with Gasteiger partial charge in [-0.1, -0.05) is 37.0 Å². The van der Waals surface area contributed by atoms with Crippen LogP contribution < -0.4 is 0 Å². The molecular weight excluding hydrogens is 480 g/mol. The van der Waals surface area contributed by atoms with Crippen molar-refractivity contribution in [3.8, 4) is 23.0 Å². The van der Waals surface area contributed by atoms with Gasteiger partial charge in [-0.15, -0.1) is 0 Å². The van der Waals surface area contributed by atoms with Gasteiger partial charge in [0.05, 0.1) is 5.16 Å². The normalized spacial score (nSPS) is 10.0. The lowest BCUT2D eigenvalue weighted by Crippen LogP contribution is -1.90. The Morgan fingerprint density at radius 1 is 1.00 bits per heavy atom. The molecule has 0 aliphatic rings. The van der Waals surface area contributed by atoms with Gasteiger partial charge >= 0.3 is 0 Å². The fourth-order valence-corrected chi connectivity index (χ4v) is 3.42. The van der Waals surface area contributed by atoms with Crippen molar-refractivity contribution in [2.75, 3.05) is 0 Å². The number of isothiocyanates is 1. The summed E-state index contributed by atoms with van der Waals surface area (Å²) in [5, 5.41) is 2.21. The maximum Gasteiger partial charge on any atom is 0.151 e. The van der Waals surface area contributed by atoms with E-state index in [0.29, 0.717) is 11.1 Å². The Bertz CT molecular complexity index is 1110. The van der Waals surface area contributed by atoms with Crippen LogP contribution in [0.1, 0.15) is 29.2 Å². The lowest BCUT2D eigenvalue weighted by Gasteiger charge is -2.07. The highest BCUT2D eigenvalue weighted by Crippen LogP contribution is 2.25. The maximum atomic E-state index is 14.2. The largest absolute Gasteiger partial charge is 0.205 e. The summed E-state index contributed by atoms with van der Waals surface area (Å²) in [6.45, 7) is 3.90. The van der Waals surface area contributed by atoms with Crippen LogP contribution in [0.2, 0.25) is 0 Å².